The van der Waals surface area contributed by atoms with Gasteiger partial charge in [0, 0.05) is 11.8 Å². The first-order valence-electron chi connectivity index (χ1n) is 5.59. The van der Waals surface area contributed by atoms with Gasteiger partial charge in [-0.15, -0.1) is 0 Å². The van der Waals surface area contributed by atoms with Gasteiger partial charge in [0.25, 0.3) is 0 Å². The second-order valence-corrected chi connectivity index (χ2v) is 4.48. The van der Waals surface area contributed by atoms with Gasteiger partial charge in [-0.05, 0) is 24.4 Å². The molecule has 0 unspecified atom stereocenters. The molecule has 5 heteroatoms. The van der Waals surface area contributed by atoms with Crippen molar-refractivity contribution in [3.63, 3.8) is 0 Å². The Labute approximate surface area is 108 Å². The molecule has 0 saturated carbocycles. The zero-order chi connectivity index (χ0) is 12.7. The van der Waals surface area contributed by atoms with Crippen LogP contribution in [0.2, 0.25) is 0 Å². The molecule has 0 aliphatic heterocycles. The quantitative estimate of drug-likeness (QED) is 0.653. The Morgan fingerprint density at radius 3 is 2.82 bits per heavy atom. The summed E-state index contributed by atoms with van der Waals surface area (Å²) in [6.07, 6.45) is 0. The number of methoxy groups -OCH3 is 1. The second-order valence-electron chi connectivity index (χ2n) is 4.07. The van der Waals surface area contributed by atoms with Gasteiger partial charge in [-0.3, -0.25) is 0 Å². The van der Waals surface area contributed by atoms with E-state index >= 15 is 0 Å². The summed E-state index contributed by atoms with van der Waals surface area (Å²) in [5, 5.41) is 6.92. The number of ether oxygens (including phenoxy) is 1. The maximum atomic E-state index is 5.20. The Morgan fingerprint density at radius 2 is 2.18 bits per heavy atom. The molecule has 4 nitrogen and oxygen atoms in total. The SMILES string of the molecule is COc1cccc(NC(=S)NCC[NH+](C)C)c1. The summed E-state index contributed by atoms with van der Waals surface area (Å²) in [6, 6.07) is 7.68. The smallest absolute Gasteiger partial charge is 0.170 e. The maximum absolute atomic E-state index is 5.20. The van der Waals surface area contributed by atoms with Gasteiger partial charge in [0.2, 0.25) is 0 Å². The molecule has 1 aromatic rings. The van der Waals surface area contributed by atoms with Crippen LogP contribution >= 0.6 is 12.2 Å². The summed E-state index contributed by atoms with van der Waals surface area (Å²) in [7, 11) is 5.87. The molecule has 0 aliphatic carbocycles. The largest absolute Gasteiger partial charge is 0.497 e. The van der Waals surface area contributed by atoms with Crippen LogP contribution in [-0.2, 0) is 0 Å². The van der Waals surface area contributed by atoms with E-state index in [4.69, 9.17) is 17.0 Å². The van der Waals surface area contributed by atoms with E-state index in [-0.39, 0.29) is 0 Å². The highest BCUT2D eigenvalue weighted by molar-refractivity contribution is 7.80. The van der Waals surface area contributed by atoms with E-state index in [1.165, 1.54) is 4.90 Å². The molecule has 3 N–H and O–H groups in total. The van der Waals surface area contributed by atoms with E-state index in [0.29, 0.717) is 5.11 Å². The molecule has 94 valence electrons. The average molecular weight is 254 g/mol. The zero-order valence-electron chi connectivity index (χ0n) is 10.5. The third-order valence-electron chi connectivity index (χ3n) is 2.24. The van der Waals surface area contributed by atoms with Crippen molar-refractivity contribution < 1.29 is 9.64 Å². The predicted molar refractivity (Wildman–Crippen MR) is 74.9 cm³/mol. The van der Waals surface area contributed by atoms with Gasteiger partial charge in [-0.2, -0.15) is 0 Å². The molecule has 17 heavy (non-hydrogen) atoms. The number of hydrogen-bond acceptors (Lipinski definition) is 2. The van der Waals surface area contributed by atoms with Crippen molar-refractivity contribution in [2.45, 2.75) is 0 Å². The lowest BCUT2D eigenvalue weighted by Gasteiger charge is -2.12. The van der Waals surface area contributed by atoms with Crippen molar-refractivity contribution in [3.05, 3.63) is 24.3 Å². The van der Waals surface area contributed by atoms with Crippen molar-refractivity contribution in [2.75, 3.05) is 39.6 Å². The summed E-state index contributed by atoms with van der Waals surface area (Å²) in [5.74, 6) is 0.815. The summed E-state index contributed by atoms with van der Waals surface area (Å²) in [5.41, 5.74) is 0.930. The third kappa shape index (κ3) is 5.51. The van der Waals surface area contributed by atoms with Gasteiger partial charge in [0.15, 0.2) is 5.11 Å². The van der Waals surface area contributed by atoms with E-state index in [1.807, 2.05) is 24.3 Å². The summed E-state index contributed by atoms with van der Waals surface area (Å²) < 4.78 is 5.14. The molecule has 1 rings (SSSR count). The Hall–Kier alpha value is -1.33. The highest BCUT2D eigenvalue weighted by atomic mass is 32.1. The Balaban J connectivity index is 2.39. The predicted octanol–water partition coefficient (Wildman–Crippen LogP) is 0.126. The number of nitrogens with one attached hydrogen (secondary N) is 3. The Morgan fingerprint density at radius 1 is 1.41 bits per heavy atom. The van der Waals surface area contributed by atoms with E-state index in [0.717, 1.165) is 24.5 Å². The monoisotopic (exact) mass is 254 g/mol. The zero-order valence-corrected chi connectivity index (χ0v) is 11.4. The molecule has 0 saturated heterocycles. The molecule has 0 aromatic heterocycles. The first-order valence-corrected chi connectivity index (χ1v) is 6.00. The molecular weight excluding hydrogens is 234 g/mol. The van der Waals surface area contributed by atoms with Gasteiger partial charge in [0.1, 0.15) is 5.75 Å². The molecule has 0 atom stereocenters. The normalized spacial score (nSPS) is 10.1. The van der Waals surface area contributed by atoms with E-state index in [9.17, 15) is 0 Å². The lowest BCUT2D eigenvalue weighted by Crippen LogP contribution is -3.06. The minimum atomic E-state index is 0.638. The fraction of sp³-hybridized carbons (Fsp3) is 0.417. The number of thiocarbonyl (C=S) groups is 1. The van der Waals surface area contributed by atoms with Crippen LogP contribution in [-0.4, -0.2) is 39.4 Å². The van der Waals surface area contributed by atoms with Crippen LogP contribution in [0.3, 0.4) is 0 Å². The van der Waals surface area contributed by atoms with Crippen molar-refractivity contribution in [1.29, 1.82) is 0 Å². The highest BCUT2D eigenvalue weighted by Gasteiger charge is 1.99. The molecule has 0 radical (unpaired) electrons. The van der Waals surface area contributed by atoms with Crippen molar-refractivity contribution in [2.24, 2.45) is 0 Å². The van der Waals surface area contributed by atoms with E-state index in [2.05, 4.69) is 24.7 Å². The van der Waals surface area contributed by atoms with Crippen LogP contribution in [0.1, 0.15) is 0 Å². The standard InChI is InChI=1S/C12H19N3OS/c1-15(2)8-7-13-12(17)14-10-5-4-6-11(9-10)16-3/h4-6,9H,7-8H2,1-3H3,(H2,13,14,17)/p+1. The Kier molecular flexibility index (Phi) is 5.72. The molecule has 0 spiro atoms. The fourth-order valence-corrected chi connectivity index (χ4v) is 1.52. The van der Waals surface area contributed by atoms with Crippen LogP contribution in [0.15, 0.2) is 24.3 Å². The van der Waals surface area contributed by atoms with E-state index < -0.39 is 0 Å². The van der Waals surface area contributed by atoms with Gasteiger partial charge in [-0.1, -0.05) is 6.07 Å². The van der Waals surface area contributed by atoms with Gasteiger partial charge >= 0.3 is 0 Å². The molecule has 1 aromatic carbocycles. The number of likely N-dealkylation sites (N-methyl/N-ethyl adjacent to an activating group) is 1. The molecule has 0 bridgehead atoms. The lowest BCUT2D eigenvalue weighted by atomic mass is 10.3. The third-order valence-corrected chi connectivity index (χ3v) is 2.48. The molecular formula is C12H20N3OS+. The number of quaternary nitrogens is 1. The number of anilines is 1. The number of rotatable bonds is 5. The van der Waals surface area contributed by atoms with Crippen LogP contribution in [0.5, 0.6) is 5.75 Å². The van der Waals surface area contributed by atoms with Gasteiger partial charge in [-0.25, -0.2) is 0 Å². The highest BCUT2D eigenvalue weighted by Crippen LogP contribution is 2.16. The second kappa shape index (κ2) is 7.09. The van der Waals surface area contributed by atoms with Gasteiger partial charge < -0.3 is 20.3 Å². The average Bonchev–Trinajstić information content (AvgIpc) is 2.28. The molecule has 0 heterocycles. The summed E-state index contributed by atoms with van der Waals surface area (Å²) in [4.78, 5) is 1.39. The van der Waals surface area contributed by atoms with Crippen LogP contribution in [0.4, 0.5) is 5.69 Å². The Bertz CT molecular complexity index is 369. The van der Waals surface area contributed by atoms with Gasteiger partial charge in [0.05, 0.1) is 34.3 Å². The maximum Gasteiger partial charge on any atom is 0.170 e. The van der Waals surface area contributed by atoms with Crippen LogP contribution in [0.25, 0.3) is 0 Å². The minimum Gasteiger partial charge on any atom is -0.497 e. The number of hydrogen-bond donors (Lipinski definition) is 3. The molecule has 0 fully saturated rings. The fourth-order valence-electron chi connectivity index (χ4n) is 1.30. The van der Waals surface area contributed by atoms with Crippen molar-refractivity contribution in [3.8, 4) is 5.75 Å². The first kappa shape index (κ1) is 13.7. The summed E-state index contributed by atoms with van der Waals surface area (Å²) in [6.45, 7) is 1.89. The topological polar surface area (TPSA) is 37.7 Å². The first-order chi connectivity index (χ1) is 8.11. The van der Waals surface area contributed by atoms with E-state index in [1.54, 1.807) is 7.11 Å². The summed E-state index contributed by atoms with van der Waals surface area (Å²) >= 11 is 5.20. The number of benzene rings is 1. The molecule has 0 amide bonds. The van der Waals surface area contributed by atoms with Crippen LogP contribution < -0.4 is 20.3 Å². The van der Waals surface area contributed by atoms with Crippen LogP contribution in [0, 0.1) is 0 Å². The lowest BCUT2D eigenvalue weighted by molar-refractivity contribution is -0.856. The molecule has 0 aliphatic rings. The minimum absolute atomic E-state index is 0.638. The van der Waals surface area contributed by atoms with Crippen molar-refractivity contribution in [1.82, 2.24) is 5.32 Å². The van der Waals surface area contributed by atoms with Crippen molar-refractivity contribution >= 4 is 23.0 Å².